The van der Waals surface area contributed by atoms with Crippen LogP contribution < -0.4 is 0 Å². The summed E-state index contributed by atoms with van der Waals surface area (Å²) < 4.78 is 16.2. The first-order chi connectivity index (χ1) is 8.42. The first-order valence-corrected chi connectivity index (χ1v) is 7.37. The highest BCUT2D eigenvalue weighted by Gasteiger charge is 2.47. The topological polar surface area (TPSA) is 124 Å². The van der Waals surface area contributed by atoms with E-state index in [0.717, 1.165) is 4.90 Å². The predicted octanol–water partition coefficient (Wildman–Crippen LogP) is 0.627. The van der Waals surface area contributed by atoms with Crippen molar-refractivity contribution in [3.05, 3.63) is 0 Å². The van der Waals surface area contributed by atoms with Crippen molar-refractivity contribution in [3.63, 3.8) is 0 Å². The highest BCUT2D eigenvalue weighted by Crippen LogP contribution is 2.47. The molecule has 0 bridgehead atoms. The van der Waals surface area contributed by atoms with Gasteiger partial charge in [0.05, 0.1) is 5.66 Å². The molecule has 0 radical (unpaired) electrons. The second-order valence-electron chi connectivity index (χ2n) is 5.47. The molecule has 0 spiro atoms. The molecule has 0 aliphatic carbocycles. The monoisotopic (exact) mass is 295 g/mol. The number of hydrogen-bond donors (Lipinski definition) is 3. The van der Waals surface area contributed by atoms with Crippen molar-refractivity contribution in [3.8, 4) is 0 Å². The molecule has 9 heteroatoms. The normalized spacial score (nSPS) is 24.4. The molecular weight excluding hydrogens is 277 g/mol. The number of amides is 1. The summed E-state index contributed by atoms with van der Waals surface area (Å²) in [5.41, 5.74) is -1.97. The number of carboxylic acid groups (broad SMARTS) is 1. The molecule has 1 saturated heterocycles. The molecule has 2 atom stereocenters. The third-order valence-corrected chi connectivity index (χ3v) is 3.99. The molecule has 1 fully saturated rings. The molecule has 19 heavy (non-hydrogen) atoms. The Labute approximate surface area is 110 Å². The van der Waals surface area contributed by atoms with E-state index in [0.29, 0.717) is 0 Å². The molecular formula is C10H18NO7P. The van der Waals surface area contributed by atoms with Gasteiger partial charge in [-0.1, -0.05) is 0 Å². The molecule has 0 aromatic rings. The van der Waals surface area contributed by atoms with Gasteiger partial charge in [0.15, 0.2) is 0 Å². The molecule has 1 heterocycles. The number of rotatable bonds is 2. The van der Waals surface area contributed by atoms with Crippen molar-refractivity contribution in [2.45, 2.75) is 44.5 Å². The van der Waals surface area contributed by atoms with Crippen LogP contribution in [0.5, 0.6) is 0 Å². The van der Waals surface area contributed by atoms with E-state index in [9.17, 15) is 14.2 Å². The Kier molecular flexibility index (Phi) is 4.29. The van der Waals surface area contributed by atoms with E-state index >= 15 is 0 Å². The van der Waals surface area contributed by atoms with E-state index in [1.165, 1.54) is 0 Å². The molecule has 110 valence electrons. The number of carboxylic acids is 1. The van der Waals surface area contributed by atoms with Crippen molar-refractivity contribution < 1.29 is 33.8 Å². The van der Waals surface area contributed by atoms with Gasteiger partial charge in [-0.15, -0.1) is 0 Å². The van der Waals surface area contributed by atoms with Crippen LogP contribution in [0.1, 0.15) is 27.2 Å². The van der Waals surface area contributed by atoms with Crippen molar-refractivity contribution in [2.24, 2.45) is 0 Å². The average Bonchev–Trinajstić information content (AvgIpc) is 2.57. The number of likely N-dealkylation sites (tertiary alicyclic amines) is 1. The summed E-state index contributed by atoms with van der Waals surface area (Å²) in [6.07, 6.45) is -1.16. The SMILES string of the molecule is CC(C)(C)OC(=O)N1CC(P(=O)(O)O)CC1C(=O)O. The Hall–Kier alpha value is -1.11. The van der Waals surface area contributed by atoms with Crippen LogP contribution in [0, 0.1) is 0 Å². The van der Waals surface area contributed by atoms with Gasteiger partial charge in [-0.3, -0.25) is 9.46 Å². The Balaban J connectivity index is 2.89. The lowest BCUT2D eigenvalue weighted by atomic mass is 10.2. The number of carbonyl (C=O) groups excluding carboxylic acids is 1. The summed E-state index contributed by atoms with van der Waals surface area (Å²) in [5.74, 6) is -1.30. The van der Waals surface area contributed by atoms with Crippen molar-refractivity contribution in [1.29, 1.82) is 0 Å². The second kappa shape index (κ2) is 5.11. The lowest BCUT2D eigenvalue weighted by molar-refractivity contribution is -0.142. The van der Waals surface area contributed by atoms with E-state index in [-0.39, 0.29) is 13.0 Å². The quantitative estimate of drug-likeness (QED) is 0.638. The lowest BCUT2D eigenvalue weighted by Crippen LogP contribution is -2.43. The highest BCUT2D eigenvalue weighted by molar-refractivity contribution is 7.52. The van der Waals surface area contributed by atoms with Crippen molar-refractivity contribution in [1.82, 2.24) is 4.90 Å². The van der Waals surface area contributed by atoms with Crippen LogP contribution in [0.2, 0.25) is 0 Å². The van der Waals surface area contributed by atoms with Crippen LogP contribution >= 0.6 is 7.60 Å². The number of carbonyl (C=O) groups is 2. The average molecular weight is 295 g/mol. The van der Waals surface area contributed by atoms with Gasteiger partial charge < -0.3 is 19.6 Å². The molecule has 1 rings (SSSR count). The second-order valence-corrected chi connectivity index (χ2v) is 7.37. The Morgan fingerprint density at radius 1 is 1.32 bits per heavy atom. The smallest absolute Gasteiger partial charge is 0.411 e. The minimum atomic E-state index is -4.43. The van der Waals surface area contributed by atoms with Crippen LogP contribution in [-0.2, 0) is 14.1 Å². The first-order valence-electron chi connectivity index (χ1n) is 5.69. The summed E-state index contributed by atoms with van der Waals surface area (Å²) in [6.45, 7) is 4.54. The largest absolute Gasteiger partial charge is 0.480 e. The summed E-state index contributed by atoms with van der Waals surface area (Å²) in [7, 11) is -4.43. The van der Waals surface area contributed by atoms with E-state index in [2.05, 4.69) is 0 Å². The van der Waals surface area contributed by atoms with Crippen LogP contribution in [-0.4, -0.2) is 55.7 Å². The number of aliphatic carboxylic acids is 1. The predicted molar refractivity (Wildman–Crippen MR) is 64.8 cm³/mol. The summed E-state index contributed by atoms with van der Waals surface area (Å²) in [4.78, 5) is 41.9. The van der Waals surface area contributed by atoms with Gasteiger partial charge in [-0.05, 0) is 27.2 Å². The fourth-order valence-corrected chi connectivity index (χ4v) is 2.68. The lowest BCUT2D eigenvalue weighted by Gasteiger charge is -2.26. The number of ether oxygens (including phenoxy) is 1. The third kappa shape index (κ3) is 4.19. The van der Waals surface area contributed by atoms with Gasteiger partial charge >= 0.3 is 19.7 Å². The molecule has 3 N–H and O–H groups in total. The van der Waals surface area contributed by atoms with Crippen LogP contribution in [0.3, 0.4) is 0 Å². The summed E-state index contributed by atoms with van der Waals surface area (Å²) in [6, 6.07) is -1.27. The number of hydrogen-bond acceptors (Lipinski definition) is 4. The molecule has 0 aromatic heterocycles. The molecule has 1 amide bonds. The van der Waals surface area contributed by atoms with Crippen LogP contribution in [0.15, 0.2) is 0 Å². The molecule has 1 aliphatic rings. The van der Waals surface area contributed by atoms with Gasteiger partial charge in [-0.2, -0.15) is 0 Å². The highest BCUT2D eigenvalue weighted by atomic mass is 31.2. The van der Waals surface area contributed by atoms with Gasteiger partial charge in [-0.25, -0.2) is 9.59 Å². The van der Waals surface area contributed by atoms with E-state index in [1.54, 1.807) is 20.8 Å². The molecule has 2 unspecified atom stereocenters. The minimum absolute atomic E-state index is 0.279. The minimum Gasteiger partial charge on any atom is -0.480 e. The van der Waals surface area contributed by atoms with Gasteiger partial charge in [0.25, 0.3) is 0 Å². The zero-order valence-corrected chi connectivity index (χ0v) is 11.8. The molecule has 0 aromatic carbocycles. The summed E-state index contributed by atoms with van der Waals surface area (Å²) >= 11 is 0. The zero-order chi connectivity index (χ0) is 15.0. The van der Waals surface area contributed by atoms with Gasteiger partial charge in [0.1, 0.15) is 11.6 Å². The maximum Gasteiger partial charge on any atom is 0.411 e. The molecule has 8 nitrogen and oxygen atoms in total. The van der Waals surface area contributed by atoms with E-state index in [1.807, 2.05) is 0 Å². The molecule has 0 saturated carbocycles. The Bertz CT molecular complexity index is 424. The third-order valence-electron chi connectivity index (χ3n) is 2.67. The Morgan fingerprint density at radius 2 is 1.84 bits per heavy atom. The van der Waals surface area contributed by atoms with Gasteiger partial charge in [0, 0.05) is 6.54 Å². The maximum absolute atomic E-state index is 11.8. The van der Waals surface area contributed by atoms with Crippen LogP contribution in [0.4, 0.5) is 4.79 Å². The van der Waals surface area contributed by atoms with Crippen LogP contribution in [0.25, 0.3) is 0 Å². The maximum atomic E-state index is 11.8. The van der Waals surface area contributed by atoms with Crippen molar-refractivity contribution >= 4 is 19.7 Å². The number of nitrogens with zero attached hydrogens (tertiary/aromatic N) is 1. The Morgan fingerprint density at radius 3 is 2.21 bits per heavy atom. The van der Waals surface area contributed by atoms with E-state index in [4.69, 9.17) is 19.6 Å². The van der Waals surface area contributed by atoms with E-state index < -0.39 is 37.0 Å². The summed E-state index contributed by atoms with van der Waals surface area (Å²) in [5, 5.41) is 9.01. The first kappa shape index (κ1) is 15.9. The standard InChI is InChI=1S/C10H18NO7P/c1-10(2,3)18-9(14)11-5-6(19(15,16)17)4-7(11)8(12)13/h6-7H,4-5H2,1-3H3,(H,12,13)(H2,15,16,17). The van der Waals surface area contributed by atoms with Gasteiger partial charge in [0.2, 0.25) is 0 Å². The zero-order valence-electron chi connectivity index (χ0n) is 10.9. The fourth-order valence-electron chi connectivity index (χ4n) is 1.81. The molecule has 1 aliphatic heterocycles. The fraction of sp³-hybridized carbons (Fsp3) is 0.800. The van der Waals surface area contributed by atoms with Crippen molar-refractivity contribution in [2.75, 3.05) is 6.54 Å².